The second-order valence-corrected chi connectivity index (χ2v) is 5.83. The van der Waals surface area contributed by atoms with Gasteiger partial charge in [-0.05, 0) is 24.3 Å². The molecule has 23 heavy (non-hydrogen) atoms. The van der Waals surface area contributed by atoms with Gasteiger partial charge < -0.3 is 4.74 Å². The Kier molecular flexibility index (Phi) is 5.78. The van der Waals surface area contributed by atoms with Crippen molar-refractivity contribution in [2.75, 3.05) is 5.32 Å². The van der Waals surface area contributed by atoms with E-state index in [1.54, 1.807) is 11.4 Å². The lowest BCUT2D eigenvalue weighted by molar-refractivity contribution is -0.112. The maximum Gasteiger partial charge on any atom is 0.387 e. The first-order chi connectivity index (χ1) is 11.0. The zero-order valence-electron chi connectivity index (χ0n) is 11.3. The summed E-state index contributed by atoms with van der Waals surface area (Å²) in [5.41, 5.74) is -0.0945. The molecule has 9 heteroatoms. The Morgan fingerprint density at radius 3 is 2.91 bits per heavy atom. The van der Waals surface area contributed by atoms with Crippen molar-refractivity contribution < 1.29 is 18.3 Å². The van der Waals surface area contributed by atoms with Crippen LogP contribution in [0.15, 0.2) is 39.8 Å². The molecular formula is C14H8BrF2N3O2S. The fraction of sp³-hybridized carbons (Fsp3) is 0.0714. The van der Waals surface area contributed by atoms with Gasteiger partial charge in [-0.25, -0.2) is 4.98 Å². The van der Waals surface area contributed by atoms with E-state index in [0.717, 1.165) is 0 Å². The number of nitrogens with zero attached hydrogens (tertiary/aromatic N) is 2. The molecule has 0 aliphatic carbocycles. The van der Waals surface area contributed by atoms with Gasteiger partial charge in [-0.2, -0.15) is 14.0 Å². The average Bonchev–Trinajstić information content (AvgIpc) is 2.99. The van der Waals surface area contributed by atoms with E-state index in [0.29, 0.717) is 9.60 Å². The number of aromatic nitrogens is 1. The highest BCUT2D eigenvalue weighted by molar-refractivity contribution is 9.10. The predicted molar refractivity (Wildman–Crippen MR) is 85.1 cm³/mol. The number of hydrogen-bond donors (Lipinski definition) is 1. The highest BCUT2D eigenvalue weighted by Crippen LogP contribution is 2.27. The maximum atomic E-state index is 12.4. The Bertz CT molecular complexity index is 773. The molecule has 118 valence electrons. The van der Waals surface area contributed by atoms with E-state index in [-0.39, 0.29) is 16.9 Å². The average molecular weight is 400 g/mol. The monoisotopic (exact) mass is 399 g/mol. The van der Waals surface area contributed by atoms with Crippen molar-refractivity contribution in [2.45, 2.75) is 6.61 Å². The molecule has 0 saturated heterocycles. The lowest BCUT2D eigenvalue weighted by atomic mass is 10.1. The molecule has 0 aliphatic rings. The van der Waals surface area contributed by atoms with Gasteiger partial charge in [0.2, 0.25) is 0 Å². The van der Waals surface area contributed by atoms with E-state index in [1.807, 2.05) is 0 Å². The molecule has 1 heterocycles. The molecule has 5 nitrogen and oxygen atoms in total. The first-order valence-corrected chi connectivity index (χ1v) is 7.74. The third kappa shape index (κ3) is 4.84. The number of benzene rings is 1. The molecule has 0 bridgehead atoms. The van der Waals surface area contributed by atoms with Crippen molar-refractivity contribution in [3.05, 3.63) is 45.4 Å². The van der Waals surface area contributed by atoms with E-state index in [1.165, 1.54) is 41.8 Å². The van der Waals surface area contributed by atoms with Crippen LogP contribution < -0.4 is 10.1 Å². The van der Waals surface area contributed by atoms with Gasteiger partial charge in [0.05, 0.1) is 0 Å². The predicted octanol–water partition coefficient (Wildman–Crippen LogP) is 4.05. The fourth-order valence-corrected chi connectivity index (χ4v) is 2.49. The third-order valence-electron chi connectivity index (χ3n) is 2.51. The summed E-state index contributed by atoms with van der Waals surface area (Å²) < 4.78 is 29.8. The van der Waals surface area contributed by atoms with Crippen LogP contribution in [0.1, 0.15) is 5.56 Å². The van der Waals surface area contributed by atoms with Crippen LogP contribution in [0, 0.1) is 11.3 Å². The van der Waals surface area contributed by atoms with Crippen molar-refractivity contribution in [2.24, 2.45) is 0 Å². The van der Waals surface area contributed by atoms with E-state index in [4.69, 9.17) is 5.26 Å². The fourth-order valence-electron chi connectivity index (χ4n) is 1.59. The van der Waals surface area contributed by atoms with Gasteiger partial charge in [-0.15, -0.1) is 11.3 Å². The van der Waals surface area contributed by atoms with Crippen LogP contribution in [-0.2, 0) is 4.79 Å². The van der Waals surface area contributed by atoms with Gasteiger partial charge in [0.1, 0.15) is 17.4 Å². The third-order valence-corrected chi connectivity index (χ3v) is 3.69. The van der Waals surface area contributed by atoms with Gasteiger partial charge in [-0.1, -0.05) is 15.9 Å². The second-order valence-electron chi connectivity index (χ2n) is 4.02. The number of alkyl halides is 2. The zero-order chi connectivity index (χ0) is 16.8. The first kappa shape index (κ1) is 17.1. The number of anilines is 1. The molecular weight excluding hydrogens is 392 g/mol. The second kappa shape index (κ2) is 7.80. The minimum atomic E-state index is -3.02. The Hall–Kier alpha value is -2.31. The SMILES string of the molecule is N#C/C(=C\c1cc(Br)ccc1OC(F)F)C(=O)Nc1nccs1. The van der Waals surface area contributed by atoms with E-state index in [2.05, 4.69) is 31.0 Å². The minimum absolute atomic E-state index is 0.141. The number of hydrogen-bond acceptors (Lipinski definition) is 5. The van der Waals surface area contributed by atoms with Crippen LogP contribution in [0.25, 0.3) is 6.08 Å². The molecule has 0 spiro atoms. The molecule has 0 unspecified atom stereocenters. The highest BCUT2D eigenvalue weighted by Gasteiger charge is 2.14. The highest BCUT2D eigenvalue weighted by atomic mass is 79.9. The van der Waals surface area contributed by atoms with Gasteiger partial charge in [-0.3, -0.25) is 10.1 Å². The first-order valence-electron chi connectivity index (χ1n) is 6.06. The number of amides is 1. The Balaban J connectivity index is 2.31. The number of carbonyl (C=O) groups is 1. The Morgan fingerprint density at radius 2 is 2.30 bits per heavy atom. The lowest BCUT2D eigenvalue weighted by Gasteiger charge is -2.09. The van der Waals surface area contributed by atoms with Crippen LogP contribution >= 0.6 is 27.3 Å². The number of carbonyl (C=O) groups excluding carboxylic acids is 1. The number of nitriles is 1. The number of thiazole rings is 1. The molecule has 1 aromatic carbocycles. The van der Waals surface area contributed by atoms with E-state index in [9.17, 15) is 13.6 Å². The van der Waals surface area contributed by atoms with Crippen LogP contribution in [0.3, 0.4) is 0 Å². The number of halogens is 3. The minimum Gasteiger partial charge on any atom is -0.434 e. The number of nitrogens with one attached hydrogen (secondary N) is 1. The van der Waals surface area contributed by atoms with E-state index >= 15 is 0 Å². The summed E-state index contributed by atoms with van der Waals surface area (Å²) in [5, 5.41) is 13.6. The summed E-state index contributed by atoms with van der Waals surface area (Å²) >= 11 is 4.38. The topological polar surface area (TPSA) is 75.0 Å². The summed E-state index contributed by atoms with van der Waals surface area (Å²) in [6.07, 6.45) is 2.67. The van der Waals surface area contributed by atoms with Crippen molar-refractivity contribution in [1.82, 2.24) is 4.98 Å². The van der Waals surface area contributed by atoms with Gasteiger partial charge >= 0.3 is 6.61 Å². The summed E-state index contributed by atoms with van der Waals surface area (Å²) in [5.74, 6) is -0.830. The molecule has 0 saturated carbocycles. The molecule has 2 aromatic rings. The van der Waals surface area contributed by atoms with Crippen molar-refractivity contribution >= 4 is 44.4 Å². The summed E-state index contributed by atoms with van der Waals surface area (Å²) in [4.78, 5) is 15.9. The summed E-state index contributed by atoms with van der Waals surface area (Å²) in [7, 11) is 0. The van der Waals surface area contributed by atoms with Crippen molar-refractivity contribution in [3.63, 3.8) is 0 Å². The van der Waals surface area contributed by atoms with Crippen LogP contribution in [0.2, 0.25) is 0 Å². The zero-order valence-corrected chi connectivity index (χ0v) is 13.7. The van der Waals surface area contributed by atoms with Crippen LogP contribution in [0.4, 0.5) is 13.9 Å². The van der Waals surface area contributed by atoms with Gasteiger partial charge in [0, 0.05) is 21.6 Å². The smallest absolute Gasteiger partial charge is 0.387 e. The maximum absolute atomic E-state index is 12.4. The lowest BCUT2D eigenvalue weighted by Crippen LogP contribution is -2.13. The Morgan fingerprint density at radius 1 is 1.52 bits per heavy atom. The van der Waals surface area contributed by atoms with Gasteiger partial charge in [0.25, 0.3) is 5.91 Å². The molecule has 2 rings (SSSR count). The summed E-state index contributed by atoms with van der Waals surface area (Å²) in [6.45, 7) is -3.02. The molecule has 1 aromatic heterocycles. The molecule has 1 amide bonds. The molecule has 1 N–H and O–H groups in total. The van der Waals surface area contributed by atoms with Crippen molar-refractivity contribution in [3.8, 4) is 11.8 Å². The normalized spacial score (nSPS) is 11.2. The van der Waals surface area contributed by atoms with Crippen LogP contribution in [-0.4, -0.2) is 17.5 Å². The molecule has 0 atom stereocenters. The molecule has 0 fully saturated rings. The molecule has 0 aliphatic heterocycles. The molecule has 0 radical (unpaired) electrons. The van der Waals surface area contributed by atoms with Crippen LogP contribution in [0.5, 0.6) is 5.75 Å². The largest absolute Gasteiger partial charge is 0.434 e. The number of rotatable bonds is 5. The number of ether oxygens (including phenoxy) is 1. The Labute approximate surface area is 142 Å². The van der Waals surface area contributed by atoms with Crippen molar-refractivity contribution in [1.29, 1.82) is 5.26 Å². The van der Waals surface area contributed by atoms with Gasteiger partial charge in [0.15, 0.2) is 5.13 Å². The quantitative estimate of drug-likeness (QED) is 0.607. The standard InChI is InChI=1S/C14H8BrF2N3O2S/c15-10-1-2-11(22-13(16)17)8(6-10)5-9(7-18)12(21)20-14-19-3-4-23-14/h1-6,13H,(H,19,20,21)/b9-5+. The summed E-state index contributed by atoms with van der Waals surface area (Å²) in [6, 6.07) is 6.02. The van der Waals surface area contributed by atoms with E-state index < -0.39 is 12.5 Å².